The van der Waals surface area contributed by atoms with Crippen LogP contribution < -0.4 is 24.2 Å². The van der Waals surface area contributed by atoms with Crippen LogP contribution in [0.4, 0.5) is 4.79 Å². The number of nitrogens with zero attached hydrogens (tertiary/aromatic N) is 2. The standard InChI is InChI=1S/C11H21N3O3.Li.H/c1-8(2)9(10(15)16)12-11(17)14-6-4-13(3)5-7-14;;/h8-9H,4-7H2,1-3H3,(H,12,17)(H,15,16);;/q;+1;-1. The van der Waals surface area contributed by atoms with E-state index in [0.29, 0.717) is 13.1 Å². The molecule has 1 unspecified atom stereocenters. The van der Waals surface area contributed by atoms with Crippen molar-refractivity contribution < 1.29 is 35.0 Å². The fourth-order valence-corrected chi connectivity index (χ4v) is 1.75. The van der Waals surface area contributed by atoms with Gasteiger partial charge in [0.1, 0.15) is 6.04 Å². The van der Waals surface area contributed by atoms with Crippen LogP contribution in [0.15, 0.2) is 0 Å². The largest absolute Gasteiger partial charge is 1.00 e. The molecule has 18 heavy (non-hydrogen) atoms. The van der Waals surface area contributed by atoms with Crippen LogP contribution in [0.2, 0.25) is 0 Å². The topological polar surface area (TPSA) is 72.9 Å². The van der Waals surface area contributed by atoms with Gasteiger partial charge in [-0.25, -0.2) is 9.59 Å². The smallest absolute Gasteiger partial charge is 1.00 e. The Balaban J connectivity index is 0. The molecule has 6 nitrogen and oxygen atoms in total. The van der Waals surface area contributed by atoms with Gasteiger partial charge in [-0.05, 0) is 13.0 Å². The van der Waals surface area contributed by atoms with Crippen LogP contribution in [0.25, 0.3) is 0 Å². The van der Waals surface area contributed by atoms with Crippen molar-refractivity contribution in [3.8, 4) is 0 Å². The van der Waals surface area contributed by atoms with E-state index < -0.39 is 12.0 Å². The van der Waals surface area contributed by atoms with E-state index in [0.717, 1.165) is 13.1 Å². The normalized spacial score (nSPS) is 18.1. The van der Waals surface area contributed by atoms with Gasteiger partial charge in [0.2, 0.25) is 0 Å². The van der Waals surface area contributed by atoms with Crippen molar-refractivity contribution in [1.29, 1.82) is 0 Å². The van der Waals surface area contributed by atoms with E-state index in [9.17, 15) is 9.59 Å². The van der Waals surface area contributed by atoms with Gasteiger partial charge < -0.3 is 21.6 Å². The van der Waals surface area contributed by atoms with E-state index >= 15 is 0 Å². The molecule has 2 N–H and O–H groups in total. The maximum Gasteiger partial charge on any atom is 1.00 e. The number of amides is 2. The first kappa shape index (κ1) is 17.3. The van der Waals surface area contributed by atoms with Crippen molar-refractivity contribution in [2.24, 2.45) is 5.92 Å². The number of nitrogens with one attached hydrogen (secondary N) is 1. The van der Waals surface area contributed by atoms with Crippen molar-refractivity contribution in [3.63, 3.8) is 0 Å². The van der Waals surface area contributed by atoms with Crippen LogP contribution in [0.3, 0.4) is 0 Å². The van der Waals surface area contributed by atoms with Crippen molar-refractivity contribution in [2.75, 3.05) is 33.2 Å². The monoisotopic (exact) mass is 251 g/mol. The molecule has 0 bridgehead atoms. The van der Waals surface area contributed by atoms with Gasteiger partial charge in [-0.3, -0.25) is 0 Å². The summed E-state index contributed by atoms with van der Waals surface area (Å²) in [5.41, 5.74) is 0. The van der Waals surface area contributed by atoms with Crippen molar-refractivity contribution in [2.45, 2.75) is 19.9 Å². The van der Waals surface area contributed by atoms with Gasteiger partial charge in [-0.1, -0.05) is 13.8 Å². The number of hydrogen-bond donors (Lipinski definition) is 2. The number of carboxylic acids is 1. The van der Waals surface area contributed by atoms with Crippen LogP contribution >= 0.6 is 0 Å². The zero-order valence-electron chi connectivity index (χ0n) is 12.6. The number of aliphatic carboxylic acids is 1. The van der Waals surface area contributed by atoms with Gasteiger partial charge in [0.25, 0.3) is 0 Å². The van der Waals surface area contributed by atoms with Crippen molar-refractivity contribution in [3.05, 3.63) is 0 Å². The van der Waals surface area contributed by atoms with Crippen LogP contribution in [0, 0.1) is 5.92 Å². The molecule has 0 saturated carbocycles. The number of piperazine rings is 1. The molecule has 100 valence electrons. The van der Waals surface area contributed by atoms with Gasteiger partial charge in [-0.2, -0.15) is 0 Å². The van der Waals surface area contributed by atoms with E-state index in [-0.39, 0.29) is 32.2 Å². The van der Waals surface area contributed by atoms with Gasteiger partial charge in [0.05, 0.1) is 0 Å². The van der Waals surface area contributed by atoms with Crippen LogP contribution in [0.5, 0.6) is 0 Å². The number of urea groups is 1. The molecule has 1 atom stereocenters. The second kappa shape index (κ2) is 7.67. The molecular formula is C11H22LiN3O3. The Bertz CT molecular complexity index is 297. The minimum absolute atomic E-state index is 0. The predicted molar refractivity (Wildman–Crippen MR) is 65.0 cm³/mol. The quantitative estimate of drug-likeness (QED) is 0.530. The Labute approximate surface area is 121 Å². The average molecular weight is 251 g/mol. The molecule has 2 amide bonds. The zero-order chi connectivity index (χ0) is 13.0. The summed E-state index contributed by atoms with van der Waals surface area (Å²) in [7, 11) is 2.00. The number of carbonyl (C=O) groups is 2. The minimum Gasteiger partial charge on any atom is -1.00 e. The summed E-state index contributed by atoms with van der Waals surface area (Å²) in [5.74, 6) is -1.11. The first-order valence-corrected chi connectivity index (χ1v) is 5.88. The molecule has 1 aliphatic heterocycles. The Morgan fingerprint density at radius 2 is 1.72 bits per heavy atom. The molecule has 1 fully saturated rings. The molecule has 0 radical (unpaired) electrons. The summed E-state index contributed by atoms with van der Waals surface area (Å²) >= 11 is 0. The fourth-order valence-electron chi connectivity index (χ4n) is 1.75. The third-order valence-corrected chi connectivity index (χ3v) is 3.00. The summed E-state index contributed by atoms with van der Waals surface area (Å²) in [4.78, 5) is 26.6. The number of carboxylic acid groups (broad SMARTS) is 1. The third kappa shape index (κ3) is 4.89. The van der Waals surface area contributed by atoms with E-state index in [1.807, 2.05) is 7.05 Å². The SMILES string of the molecule is CC(C)C(NC(=O)N1CCN(C)CC1)C(=O)O.[H-].[Li+]. The Morgan fingerprint density at radius 3 is 2.11 bits per heavy atom. The van der Waals surface area contributed by atoms with Gasteiger partial charge in [0.15, 0.2) is 0 Å². The molecular weight excluding hydrogens is 229 g/mol. The predicted octanol–water partition coefficient (Wildman–Crippen LogP) is -2.83. The summed E-state index contributed by atoms with van der Waals surface area (Å²) in [6, 6.07) is -1.10. The van der Waals surface area contributed by atoms with Gasteiger partial charge in [-0.15, -0.1) is 0 Å². The summed E-state index contributed by atoms with van der Waals surface area (Å²) in [6.07, 6.45) is 0. The second-order valence-electron chi connectivity index (χ2n) is 4.80. The maximum absolute atomic E-state index is 11.9. The third-order valence-electron chi connectivity index (χ3n) is 3.00. The Morgan fingerprint density at radius 1 is 1.22 bits per heavy atom. The van der Waals surface area contributed by atoms with Crippen LogP contribution in [-0.4, -0.2) is 66.2 Å². The summed E-state index contributed by atoms with van der Waals surface area (Å²) in [5, 5.41) is 11.6. The van der Waals surface area contributed by atoms with E-state index in [2.05, 4.69) is 10.2 Å². The Kier molecular flexibility index (Phi) is 7.37. The number of hydrogen-bond acceptors (Lipinski definition) is 3. The zero-order valence-corrected chi connectivity index (χ0v) is 11.6. The van der Waals surface area contributed by atoms with E-state index in [4.69, 9.17) is 5.11 Å². The molecule has 1 rings (SSSR count). The molecule has 0 aromatic rings. The minimum atomic E-state index is -0.984. The number of rotatable bonds is 3. The Hall–Kier alpha value is -0.703. The molecule has 0 aromatic heterocycles. The first-order valence-electron chi connectivity index (χ1n) is 5.88. The molecule has 1 saturated heterocycles. The van der Waals surface area contributed by atoms with Crippen LogP contribution in [-0.2, 0) is 4.79 Å². The molecule has 1 aliphatic rings. The fraction of sp³-hybridized carbons (Fsp3) is 0.818. The summed E-state index contributed by atoms with van der Waals surface area (Å²) in [6.45, 7) is 6.51. The molecule has 7 heteroatoms. The first-order chi connectivity index (χ1) is 7.91. The van der Waals surface area contributed by atoms with Gasteiger partial charge in [0, 0.05) is 26.2 Å². The maximum atomic E-state index is 11.9. The van der Waals surface area contributed by atoms with Crippen LogP contribution in [0.1, 0.15) is 15.3 Å². The van der Waals surface area contributed by atoms with Gasteiger partial charge >= 0.3 is 30.9 Å². The second-order valence-corrected chi connectivity index (χ2v) is 4.80. The molecule has 0 spiro atoms. The van der Waals surface area contributed by atoms with E-state index in [1.54, 1.807) is 18.7 Å². The summed E-state index contributed by atoms with van der Waals surface area (Å²) < 4.78 is 0. The average Bonchev–Trinajstić information content (AvgIpc) is 2.25. The number of likely N-dealkylation sites (N-methyl/N-ethyl adjacent to an activating group) is 1. The molecule has 1 heterocycles. The van der Waals surface area contributed by atoms with Crippen molar-refractivity contribution in [1.82, 2.24) is 15.1 Å². The van der Waals surface area contributed by atoms with Crippen molar-refractivity contribution >= 4 is 12.0 Å². The molecule has 0 aliphatic carbocycles. The number of carbonyl (C=O) groups excluding carboxylic acids is 1. The molecule has 0 aromatic carbocycles. The van der Waals surface area contributed by atoms with E-state index in [1.165, 1.54) is 0 Å².